The average Bonchev–Trinajstić information content (AvgIpc) is 3.35. The van der Waals surface area contributed by atoms with Gasteiger partial charge in [0, 0.05) is 48.1 Å². The molecule has 0 saturated carbocycles. The number of carbonyl (C=O) groups excluding carboxylic acids is 2. The van der Waals surface area contributed by atoms with Crippen LogP contribution in [0, 0.1) is 13.8 Å². The number of rotatable bonds is 4. The highest BCUT2D eigenvalue weighted by Gasteiger charge is 2.29. The van der Waals surface area contributed by atoms with Gasteiger partial charge in [-0.15, -0.1) is 0 Å². The maximum absolute atomic E-state index is 14.3. The number of pyridine rings is 2. The molecule has 1 fully saturated rings. The summed E-state index contributed by atoms with van der Waals surface area (Å²) in [5, 5.41) is 1.70. The third kappa shape index (κ3) is 5.22. The fourth-order valence-electron chi connectivity index (χ4n) is 6.56. The lowest BCUT2D eigenvalue weighted by molar-refractivity contribution is 0.0720. The summed E-state index contributed by atoms with van der Waals surface area (Å²) in [5.41, 5.74) is 8.30. The van der Waals surface area contributed by atoms with Crippen LogP contribution in [0.5, 0.6) is 0 Å². The van der Waals surface area contributed by atoms with Gasteiger partial charge >= 0.3 is 0 Å². The smallest absolute Gasteiger partial charge is 0.254 e. The SMILES string of the molecule is Cc1c(-c2ccccc2)nc2ccccc2c1C(=O)N1CCCN(C(=O)c2c(C)c(-c3ccccc3)nc3ccccc23)CC1. The fourth-order valence-corrected chi connectivity index (χ4v) is 6.56. The Hall–Kier alpha value is -5.36. The number of aromatic nitrogens is 2. The molecule has 1 saturated heterocycles. The van der Waals surface area contributed by atoms with Gasteiger partial charge in [-0.25, -0.2) is 9.97 Å². The molecule has 1 aliphatic rings. The van der Waals surface area contributed by atoms with E-state index in [0.717, 1.165) is 55.4 Å². The largest absolute Gasteiger partial charge is 0.337 e. The molecule has 4 aromatic carbocycles. The van der Waals surface area contributed by atoms with Gasteiger partial charge in [-0.05, 0) is 43.5 Å². The monoisotopic (exact) mass is 590 g/mol. The van der Waals surface area contributed by atoms with Crippen molar-refractivity contribution >= 4 is 33.6 Å². The van der Waals surface area contributed by atoms with E-state index in [2.05, 4.69) is 0 Å². The zero-order chi connectivity index (χ0) is 30.9. The summed E-state index contributed by atoms with van der Waals surface area (Å²) in [6.45, 7) is 6.04. The Balaban J connectivity index is 1.21. The van der Waals surface area contributed by atoms with E-state index in [1.807, 2.05) is 133 Å². The maximum Gasteiger partial charge on any atom is 0.254 e. The topological polar surface area (TPSA) is 66.4 Å². The molecule has 7 rings (SSSR count). The molecule has 6 aromatic rings. The highest BCUT2D eigenvalue weighted by molar-refractivity contribution is 6.10. The first kappa shape index (κ1) is 28.4. The lowest BCUT2D eigenvalue weighted by atomic mass is 9.96. The summed E-state index contributed by atoms with van der Waals surface area (Å²) < 4.78 is 0. The van der Waals surface area contributed by atoms with E-state index in [1.54, 1.807) is 0 Å². The van der Waals surface area contributed by atoms with E-state index in [4.69, 9.17) is 9.97 Å². The molecule has 0 unspecified atom stereocenters. The molecule has 6 heteroatoms. The van der Waals surface area contributed by atoms with E-state index in [0.29, 0.717) is 43.7 Å². The van der Waals surface area contributed by atoms with Crippen LogP contribution in [0.1, 0.15) is 38.3 Å². The van der Waals surface area contributed by atoms with E-state index < -0.39 is 0 Å². The third-order valence-electron chi connectivity index (χ3n) is 8.86. The number of fused-ring (bicyclic) bond motifs is 2. The number of amides is 2. The van der Waals surface area contributed by atoms with Crippen LogP contribution in [0.15, 0.2) is 109 Å². The first-order valence-electron chi connectivity index (χ1n) is 15.5. The molecule has 0 atom stereocenters. The van der Waals surface area contributed by atoms with Gasteiger partial charge < -0.3 is 9.80 Å². The quantitative estimate of drug-likeness (QED) is 0.211. The summed E-state index contributed by atoms with van der Waals surface area (Å²) in [5.74, 6) is -0.0380. The zero-order valence-corrected chi connectivity index (χ0v) is 25.5. The van der Waals surface area contributed by atoms with Crippen LogP contribution in [-0.4, -0.2) is 57.8 Å². The van der Waals surface area contributed by atoms with Crippen LogP contribution in [0.25, 0.3) is 44.3 Å². The van der Waals surface area contributed by atoms with Gasteiger partial charge in [0.15, 0.2) is 0 Å². The van der Waals surface area contributed by atoms with E-state index in [-0.39, 0.29) is 11.8 Å². The Bertz CT molecular complexity index is 1910. The van der Waals surface area contributed by atoms with Crippen LogP contribution in [0.3, 0.4) is 0 Å². The molecule has 2 aromatic heterocycles. The second kappa shape index (κ2) is 12.0. The molecule has 3 heterocycles. The average molecular weight is 591 g/mol. The molecule has 2 amide bonds. The first-order valence-corrected chi connectivity index (χ1v) is 15.5. The molecular formula is C39H34N4O2. The van der Waals surface area contributed by atoms with Gasteiger partial charge in [0.2, 0.25) is 0 Å². The van der Waals surface area contributed by atoms with Crippen molar-refractivity contribution < 1.29 is 9.59 Å². The van der Waals surface area contributed by atoms with Crippen molar-refractivity contribution in [2.75, 3.05) is 26.2 Å². The number of para-hydroxylation sites is 2. The minimum absolute atomic E-state index is 0.0190. The van der Waals surface area contributed by atoms with Crippen molar-refractivity contribution in [1.82, 2.24) is 19.8 Å². The standard InChI is InChI=1S/C39H34N4O2/c1-26-34(30-18-9-11-20-32(30)40-36(26)28-14-5-3-6-15-28)38(44)42-22-13-23-43(25-24-42)39(45)35-27(2)37(29-16-7-4-8-17-29)41-33-21-12-10-19-31(33)35/h3-12,14-21H,13,22-25H2,1-2H3. The molecule has 0 bridgehead atoms. The molecule has 1 aliphatic heterocycles. The highest BCUT2D eigenvalue weighted by atomic mass is 16.2. The van der Waals surface area contributed by atoms with Crippen LogP contribution in [0.2, 0.25) is 0 Å². The predicted molar refractivity (Wildman–Crippen MR) is 180 cm³/mol. The van der Waals surface area contributed by atoms with E-state index in [9.17, 15) is 9.59 Å². The Labute approximate surface area is 263 Å². The van der Waals surface area contributed by atoms with Gasteiger partial charge in [0.1, 0.15) is 0 Å². The Morgan fingerprint density at radius 3 is 1.31 bits per heavy atom. The summed E-state index contributed by atoms with van der Waals surface area (Å²) in [7, 11) is 0. The number of nitrogens with zero attached hydrogens (tertiary/aromatic N) is 4. The molecule has 0 radical (unpaired) electrons. The van der Waals surface area contributed by atoms with Gasteiger partial charge in [-0.1, -0.05) is 97.1 Å². The third-order valence-corrected chi connectivity index (χ3v) is 8.86. The van der Waals surface area contributed by atoms with Crippen LogP contribution in [0.4, 0.5) is 0 Å². The zero-order valence-electron chi connectivity index (χ0n) is 25.5. The second-order valence-electron chi connectivity index (χ2n) is 11.6. The van der Waals surface area contributed by atoms with Crippen molar-refractivity contribution in [3.8, 4) is 22.5 Å². The summed E-state index contributed by atoms with van der Waals surface area (Å²) >= 11 is 0. The van der Waals surface area contributed by atoms with Gasteiger partial charge in [-0.3, -0.25) is 9.59 Å². The number of benzene rings is 4. The van der Waals surface area contributed by atoms with Crippen LogP contribution < -0.4 is 0 Å². The number of hydrogen-bond acceptors (Lipinski definition) is 4. The normalized spacial score (nSPS) is 13.6. The fraction of sp³-hybridized carbons (Fsp3) is 0.179. The van der Waals surface area contributed by atoms with Crippen molar-refractivity contribution in [3.63, 3.8) is 0 Å². The molecule has 45 heavy (non-hydrogen) atoms. The van der Waals surface area contributed by atoms with E-state index in [1.165, 1.54) is 0 Å². The lowest BCUT2D eigenvalue weighted by Crippen LogP contribution is -2.38. The molecule has 0 N–H and O–H groups in total. The molecule has 6 nitrogen and oxygen atoms in total. The number of carbonyl (C=O) groups is 2. The van der Waals surface area contributed by atoms with Crippen molar-refractivity contribution in [3.05, 3.63) is 131 Å². The van der Waals surface area contributed by atoms with Crippen LogP contribution in [-0.2, 0) is 0 Å². The molecule has 222 valence electrons. The van der Waals surface area contributed by atoms with Crippen molar-refractivity contribution in [2.24, 2.45) is 0 Å². The Morgan fingerprint density at radius 1 is 0.511 bits per heavy atom. The first-order chi connectivity index (χ1) is 22.0. The molecule has 0 spiro atoms. The van der Waals surface area contributed by atoms with Gasteiger partial charge in [0.25, 0.3) is 11.8 Å². The van der Waals surface area contributed by atoms with Crippen LogP contribution >= 0.6 is 0 Å². The van der Waals surface area contributed by atoms with Crippen molar-refractivity contribution in [2.45, 2.75) is 20.3 Å². The van der Waals surface area contributed by atoms with E-state index >= 15 is 0 Å². The Morgan fingerprint density at radius 2 is 0.889 bits per heavy atom. The lowest BCUT2D eigenvalue weighted by Gasteiger charge is -2.25. The minimum Gasteiger partial charge on any atom is -0.337 e. The minimum atomic E-state index is -0.0190. The Kier molecular flexibility index (Phi) is 7.55. The van der Waals surface area contributed by atoms with Gasteiger partial charge in [-0.2, -0.15) is 0 Å². The maximum atomic E-state index is 14.3. The molecular weight excluding hydrogens is 556 g/mol. The highest BCUT2D eigenvalue weighted by Crippen LogP contribution is 2.32. The summed E-state index contributed by atoms with van der Waals surface area (Å²) in [6, 6.07) is 35.7. The van der Waals surface area contributed by atoms with Crippen molar-refractivity contribution in [1.29, 1.82) is 0 Å². The second-order valence-corrected chi connectivity index (χ2v) is 11.6. The van der Waals surface area contributed by atoms with Gasteiger partial charge in [0.05, 0.1) is 33.5 Å². The summed E-state index contributed by atoms with van der Waals surface area (Å²) in [6.07, 6.45) is 0.693. The summed E-state index contributed by atoms with van der Waals surface area (Å²) in [4.78, 5) is 42.4. The molecule has 0 aliphatic carbocycles. The number of hydrogen-bond donors (Lipinski definition) is 0. The predicted octanol–water partition coefficient (Wildman–Crippen LogP) is 7.72.